The van der Waals surface area contributed by atoms with Crippen LogP contribution in [0.2, 0.25) is 0 Å². The fourth-order valence-corrected chi connectivity index (χ4v) is 1.71. The molecule has 4 nitrogen and oxygen atoms in total. The van der Waals surface area contributed by atoms with Crippen LogP contribution in [0.25, 0.3) is 0 Å². The van der Waals surface area contributed by atoms with Gasteiger partial charge in [0, 0.05) is 12.1 Å². The molecule has 1 aromatic carbocycles. The maximum atomic E-state index is 11.7. The Kier molecular flexibility index (Phi) is 3.07. The van der Waals surface area contributed by atoms with E-state index in [9.17, 15) is 4.79 Å². The molecule has 4 heteroatoms. The average molecular weight is 234 g/mol. The number of carbonyl (C=O) groups is 1. The largest absolute Gasteiger partial charge is 0.496 e. The lowest BCUT2D eigenvalue weighted by molar-refractivity contribution is -0.123. The molecule has 1 amide bonds. The van der Waals surface area contributed by atoms with E-state index >= 15 is 0 Å². The summed E-state index contributed by atoms with van der Waals surface area (Å²) in [5.74, 6) is 0.729. The van der Waals surface area contributed by atoms with Gasteiger partial charge < -0.3 is 15.8 Å². The highest BCUT2D eigenvalue weighted by atomic mass is 16.5. The lowest BCUT2D eigenvalue weighted by atomic mass is 10.1. The summed E-state index contributed by atoms with van der Waals surface area (Å²) in [4.78, 5) is 11.7. The highest BCUT2D eigenvalue weighted by Crippen LogP contribution is 2.32. The zero-order valence-corrected chi connectivity index (χ0v) is 10.2. The van der Waals surface area contributed by atoms with Crippen molar-refractivity contribution in [2.75, 3.05) is 7.11 Å². The number of carbonyl (C=O) groups excluding carboxylic acids is 1. The van der Waals surface area contributed by atoms with Crippen molar-refractivity contribution in [3.8, 4) is 5.75 Å². The van der Waals surface area contributed by atoms with Crippen LogP contribution < -0.4 is 15.8 Å². The third-order valence-electron chi connectivity index (χ3n) is 3.12. The van der Waals surface area contributed by atoms with Gasteiger partial charge in [-0.05, 0) is 31.4 Å². The number of aryl methyl sites for hydroxylation is 1. The number of nitrogens with one attached hydrogen (secondary N) is 1. The third kappa shape index (κ3) is 2.58. The van der Waals surface area contributed by atoms with Crippen molar-refractivity contribution in [1.29, 1.82) is 0 Å². The number of nitrogens with two attached hydrogens (primary N) is 1. The van der Waals surface area contributed by atoms with E-state index in [0.717, 1.165) is 29.7 Å². The third-order valence-corrected chi connectivity index (χ3v) is 3.12. The number of rotatable bonds is 4. The quantitative estimate of drug-likeness (QED) is 0.820. The van der Waals surface area contributed by atoms with E-state index in [2.05, 4.69) is 5.32 Å². The summed E-state index contributed by atoms with van der Waals surface area (Å²) in [6, 6.07) is 5.92. The molecule has 0 aliphatic heterocycles. The van der Waals surface area contributed by atoms with E-state index in [4.69, 9.17) is 10.5 Å². The Morgan fingerprint density at radius 2 is 2.24 bits per heavy atom. The minimum Gasteiger partial charge on any atom is -0.496 e. The van der Waals surface area contributed by atoms with Crippen molar-refractivity contribution in [2.24, 2.45) is 5.73 Å². The smallest absolute Gasteiger partial charge is 0.240 e. The van der Waals surface area contributed by atoms with Gasteiger partial charge in [-0.3, -0.25) is 4.79 Å². The number of benzene rings is 1. The van der Waals surface area contributed by atoms with Gasteiger partial charge in [0.25, 0.3) is 0 Å². The minimum atomic E-state index is -0.613. The van der Waals surface area contributed by atoms with Crippen LogP contribution in [0.3, 0.4) is 0 Å². The molecule has 0 radical (unpaired) electrons. The Bertz CT molecular complexity index is 439. The van der Waals surface area contributed by atoms with Crippen LogP contribution in [0.4, 0.5) is 0 Å². The molecule has 1 saturated carbocycles. The summed E-state index contributed by atoms with van der Waals surface area (Å²) in [5, 5.41) is 2.85. The Morgan fingerprint density at radius 1 is 1.53 bits per heavy atom. The number of methoxy groups -OCH3 is 1. The zero-order chi connectivity index (χ0) is 12.5. The molecule has 0 saturated heterocycles. The first-order valence-corrected chi connectivity index (χ1v) is 5.76. The first-order valence-electron chi connectivity index (χ1n) is 5.76. The molecule has 0 bridgehead atoms. The van der Waals surface area contributed by atoms with Gasteiger partial charge in [-0.15, -0.1) is 0 Å². The van der Waals surface area contributed by atoms with Gasteiger partial charge in [0.1, 0.15) is 5.75 Å². The van der Waals surface area contributed by atoms with Gasteiger partial charge in [0.15, 0.2) is 0 Å². The van der Waals surface area contributed by atoms with Crippen LogP contribution in [-0.2, 0) is 11.3 Å². The molecule has 92 valence electrons. The van der Waals surface area contributed by atoms with Crippen LogP contribution in [0.5, 0.6) is 5.75 Å². The molecule has 0 unspecified atom stereocenters. The number of ether oxygens (including phenoxy) is 1. The number of hydrogen-bond acceptors (Lipinski definition) is 3. The normalized spacial score (nSPS) is 16.4. The molecule has 0 heterocycles. The van der Waals surface area contributed by atoms with Crippen molar-refractivity contribution in [3.05, 3.63) is 29.3 Å². The first-order chi connectivity index (χ1) is 8.05. The Hall–Kier alpha value is -1.55. The zero-order valence-electron chi connectivity index (χ0n) is 10.2. The molecule has 1 aromatic rings. The molecule has 1 fully saturated rings. The second kappa shape index (κ2) is 4.37. The molecule has 2 rings (SSSR count). The summed E-state index contributed by atoms with van der Waals surface area (Å²) in [7, 11) is 1.63. The molecule has 0 atom stereocenters. The fraction of sp³-hybridized carbons (Fsp3) is 0.462. The van der Waals surface area contributed by atoms with Gasteiger partial charge in [-0.1, -0.05) is 12.1 Å². The SMILES string of the molecule is COc1cc(C)ccc1CNC(=O)C1(N)CC1. The van der Waals surface area contributed by atoms with Gasteiger partial charge >= 0.3 is 0 Å². The monoisotopic (exact) mass is 234 g/mol. The summed E-state index contributed by atoms with van der Waals surface area (Å²) in [6.45, 7) is 2.46. The van der Waals surface area contributed by atoms with Crippen molar-refractivity contribution in [1.82, 2.24) is 5.32 Å². The van der Waals surface area contributed by atoms with E-state index in [0.29, 0.717) is 6.54 Å². The van der Waals surface area contributed by atoms with E-state index in [1.165, 1.54) is 0 Å². The van der Waals surface area contributed by atoms with Crippen molar-refractivity contribution in [2.45, 2.75) is 31.8 Å². The topological polar surface area (TPSA) is 64.3 Å². The van der Waals surface area contributed by atoms with E-state index in [-0.39, 0.29) is 5.91 Å². The van der Waals surface area contributed by atoms with E-state index < -0.39 is 5.54 Å². The van der Waals surface area contributed by atoms with Crippen molar-refractivity contribution < 1.29 is 9.53 Å². The van der Waals surface area contributed by atoms with E-state index in [1.54, 1.807) is 7.11 Å². The van der Waals surface area contributed by atoms with Gasteiger partial charge in [0.2, 0.25) is 5.91 Å². The van der Waals surface area contributed by atoms with Crippen LogP contribution in [0.1, 0.15) is 24.0 Å². The summed E-state index contributed by atoms with van der Waals surface area (Å²) < 4.78 is 5.28. The summed E-state index contributed by atoms with van der Waals surface area (Å²) in [6.07, 6.45) is 1.56. The number of amides is 1. The lowest BCUT2D eigenvalue weighted by Crippen LogP contribution is -2.42. The molecule has 0 aromatic heterocycles. The molecule has 1 aliphatic rings. The van der Waals surface area contributed by atoms with E-state index in [1.807, 2.05) is 25.1 Å². The maximum absolute atomic E-state index is 11.7. The second-order valence-electron chi connectivity index (χ2n) is 4.65. The number of hydrogen-bond donors (Lipinski definition) is 2. The highest BCUT2D eigenvalue weighted by Gasteiger charge is 2.45. The molecular formula is C13H18N2O2. The predicted octanol–water partition coefficient (Wildman–Crippen LogP) is 1.11. The molecule has 3 N–H and O–H groups in total. The average Bonchev–Trinajstić information content (AvgIpc) is 3.06. The van der Waals surface area contributed by atoms with Crippen molar-refractivity contribution >= 4 is 5.91 Å². The van der Waals surface area contributed by atoms with Crippen molar-refractivity contribution in [3.63, 3.8) is 0 Å². The molecule has 1 aliphatic carbocycles. The minimum absolute atomic E-state index is 0.0693. The Balaban J connectivity index is 2.01. The highest BCUT2D eigenvalue weighted by molar-refractivity contribution is 5.88. The standard InChI is InChI=1S/C13H18N2O2/c1-9-3-4-10(11(7-9)17-2)8-15-12(16)13(14)5-6-13/h3-4,7H,5-6,8,14H2,1-2H3,(H,15,16). The lowest BCUT2D eigenvalue weighted by Gasteiger charge is -2.13. The van der Waals surface area contributed by atoms with Crippen LogP contribution >= 0.6 is 0 Å². The maximum Gasteiger partial charge on any atom is 0.240 e. The van der Waals surface area contributed by atoms with Gasteiger partial charge in [0.05, 0.1) is 12.6 Å². The predicted molar refractivity (Wildman–Crippen MR) is 65.7 cm³/mol. The first kappa shape index (κ1) is 11.9. The van der Waals surface area contributed by atoms with Gasteiger partial charge in [-0.25, -0.2) is 0 Å². The molecular weight excluding hydrogens is 216 g/mol. The van der Waals surface area contributed by atoms with Crippen LogP contribution in [-0.4, -0.2) is 18.6 Å². The Labute approximate surface area is 101 Å². The van der Waals surface area contributed by atoms with Gasteiger partial charge in [-0.2, -0.15) is 0 Å². The second-order valence-corrected chi connectivity index (χ2v) is 4.65. The fourth-order valence-electron chi connectivity index (χ4n) is 1.71. The van der Waals surface area contributed by atoms with Crippen LogP contribution in [0, 0.1) is 6.92 Å². The van der Waals surface area contributed by atoms with Crippen LogP contribution in [0.15, 0.2) is 18.2 Å². The Morgan fingerprint density at radius 3 is 2.82 bits per heavy atom. The summed E-state index contributed by atoms with van der Waals surface area (Å²) >= 11 is 0. The molecule has 17 heavy (non-hydrogen) atoms. The molecule has 0 spiro atoms. The summed E-state index contributed by atoms with van der Waals surface area (Å²) in [5.41, 5.74) is 7.29.